The number of anilines is 2. The Hall–Kier alpha value is -3.16. The van der Waals surface area contributed by atoms with Crippen LogP contribution in [-0.4, -0.2) is 52.9 Å². The van der Waals surface area contributed by atoms with Gasteiger partial charge in [0, 0.05) is 45.8 Å². The van der Waals surface area contributed by atoms with Gasteiger partial charge in [-0.15, -0.1) is 0 Å². The molecule has 8 nitrogen and oxygen atoms in total. The van der Waals surface area contributed by atoms with Crippen LogP contribution in [0.15, 0.2) is 36.5 Å². The van der Waals surface area contributed by atoms with Crippen LogP contribution in [0.3, 0.4) is 0 Å². The van der Waals surface area contributed by atoms with Crippen LogP contribution in [0.4, 0.5) is 11.8 Å². The zero-order valence-corrected chi connectivity index (χ0v) is 14.7. The van der Waals surface area contributed by atoms with Gasteiger partial charge in [-0.25, -0.2) is 4.98 Å². The first-order valence-electron chi connectivity index (χ1n) is 8.49. The monoisotopic (exact) mass is 354 g/mol. The molecule has 1 fully saturated rings. The van der Waals surface area contributed by atoms with Crippen LogP contribution in [0.2, 0.25) is 0 Å². The SMILES string of the molecule is CC(=O)N1CCN(c2ncc(C(=O)NCc3ccccc3)c(N)n2)CC1. The summed E-state index contributed by atoms with van der Waals surface area (Å²) in [6.45, 7) is 4.49. The highest BCUT2D eigenvalue weighted by Crippen LogP contribution is 2.16. The van der Waals surface area contributed by atoms with Crippen molar-refractivity contribution in [1.29, 1.82) is 0 Å². The molecular formula is C18H22N6O2. The lowest BCUT2D eigenvalue weighted by Gasteiger charge is -2.34. The molecule has 3 rings (SSSR count). The third-order valence-corrected chi connectivity index (χ3v) is 4.35. The Bertz CT molecular complexity index is 788. The fourth-order valence-corrected chi connectivity index (χ4v) is 2.81. The van der Waals surface area contributed by atoms with Crippen LogP contribution >= 0.6 is 0 Å². The minimum atomic E-state index is -0.306. The van der Waals surface area contributed by atoms with Gasteiger partial charge >= 0.3 is 0 Å². The van der Waals surface area contributed by atoms with Crippen molar-refractivity contribution in [1.82, 2.24) is 20.2 Å². The van der Waals surface area contributed by atoms with Crippen LogP contribution in [0.1, 0.15) is 22.8 Å². The fraction of sp³-hybridized carbons (Fsp3) is 0.333. The molecule has 1 aromatic carbocycles. The lowest BCUT2D eigenvalue weighted by molar-refractivity contribution is -0.129. The minimum absolute atomic E-state index is 0.0653. The molecule has 2 amide bonds. The predicted molar refractivity (Wildman–Crippen MR) is 98.5 cm³/mol. The first kappa shape index (κ1) is 17.7. The number of carbonyl (C=O) groups is 2. The zero-order chi connectivity index (χ0) is 18.5. The van der Waals surface area contributed by atoms with Crippen LogP contribution in [0.25, 0.3) is 0 Å². The quantitative estimate of drug-likeness (QED) is 0.836. The van der Waals surface area contributed by atoms with Gasteiger partial charge in [-0.1, -0.05) is 30.3 Å². The molecule has 0 unspecified atom stereocenters. The molecule has 0 saturated carbocycles. The number of rotatable bonds is 4. The van der Waals surface area contributed by atoms with E-state index in [0.717, 1.165) is 5.56 Å². The highest BCUT2D eigenvalue weighted by molar-refractivity contribution is 5.98. The summed E-state index contributed by atoms with van der Waals surface area (Å²) >= 11 is 0. The number of nitrogens with zero attached hydrogens (tertiary/aromatic N) is 4. The Balaban J connectivity index is 1.62. The highest BCUT2D eigenvalue weighted by Gasteiger charge is 2.21. The third kappa shape index (κ3) is 4.08. The smallest absolute Gasteiger partial charge is 0.256 e. The van der Waals surface area contributed by atoms with Crippen molar-refractivity contribution >= 4 is 23.6 Å². The van der Waals surface area contributed by atoms with Gasteiger partial charge in [0.1, 0.15) is 5.82 Å². The summed E-state index contributed by atoms with van der Waals surface area (Å²) < 4.78 is 0. The van der Waals surface area contributed by atoms with E-state index in [-0.39, 0.29) is 23.2 Å². The molecule has 0 bridgehead atoms. The van der Waals surface area contributed by atoms with Crippen molar-refractivity contribution in [3.63, 3.8) is 0 Å². The van der Waals surface area contributed by atoms with Crippen molar-refractivity contribution < 1.29 is 9.59 Å². The van der Waals surface area contributed by atoms with E-state index in [1.54, 1.807) is 11.8 Å². The second-order valence-electron chi connectivity index (χ2n) is 6.13. The molecule has 1 saturated heterocycles. The van der Waals surface area contributed by atoms with Gasteiger partial charge in [0.15, 0.2) is 0 Å². The van der Waals surface area contributed by atoms with E-state index >= 15 is 0 Å². The van der Waals surface area contributed by atoms with Gasteiger partial charge in [0.25, 0.3) is 5.91 Å². The third-order valence-electron chi connectivity index (χ3n) is 4.35. The summed E-state index contributed by atoms with van der Waals surface area (Å²) in [5.41, 5.74) is 7.23. The van der Waals surface area contributed by atoms with Gasteiger partial charge < -0.3 is 20.9 Å². The van der Waals surface area contributed by atoms with Crippen molar-refractivity contribution in [3.8, 4) is 0 Å². The van der Waals surface area contributed by atoms with Gasteiger partial charge in [-0.05, 0) is 5.56 Å². The standard InChI is InChI=1S/C18H22N6O2/c1-13(25)23-7-9-24(10-8-23)18-21-12-15(16(19)22-18)17(26)20-11-14-5-3-2-4-6-14/h2-6,12H,7-11H2,1H3,(H,20,26)(H2,19,21,22). The first-order valence-corrected chi connectivity index (χ1v) is 8.49. The van der Waals surface area contributed by atoms with Crippen LogP contribution in [0.5, 0.6) is 0 Å². The number of aromatic nitrogens is 2. The van der Waals surface area contributed by atoms with Crippen molar-refractivity contribution in [3.05, 3.63) is 47.7 Å². The second-order valence-corrected chi connectivity index (χ2v) is 6.13. The highest BCUT2D eigenvalue weighted by atomic mass is 16.2. The van der Waals surface area contributed by atoms with Crippen LogP contribution < -0.4 is 16.0 Å². The number of hydrogen-bond donors (Lipinski definition) is 2. The molecule has 2 aromatic rings. The van der Waals surface area contributed by atoms with Crippen LogP contribution in [-0.2, 0) is 11.3 Å². The summed E-state index contributed by atoms with van der Waals surface area (Å²) in [7, 11) is 0. The van der Waals surface area contributed by atoms with E-state index in [1.807, 2.05) is 35.2 Å². The van der Waals surface area contributed by atoms with E-state index in [2.05, 4.69) is 15.3 Å². The van der Waals surface area contributed by atoms with Gasteiger partial charge in [0.05, 0.1) is 5.56 Å². The summed E-state index contributed by atoms with van der Waals surface area (Å²) in [6.07, 6.45) is 1.45. The van der Waals surface area contributed by atoms with E-state index in [0.29, 0.717) is 38.7 Å². The number of nitrogens with one attached hydrogen (secondary N) is 1. The van der Waals surface area contributed by atoms with Gasteiger partial charge in [0.2, 0.25) is 11.9 Å². The van der Waals surface area contributed by atoms with E-state index < -0.39 is 0 Å². The molecule has 3 N–H and O–H groups in total. The number of piperazine rings is 1. The average Bonchev–Trinajstić information content (AvgIpc) is 2.67. The zero-order valence-electron chi connectivity index (χ0n) is 14.7. The Morgan fingerprint density at radius 1 is 1.15 bits per heavy atom. The Kier molecular flexibility index (Phi) is 5.31. The molecule has 0 aliphatic carbocycles. The molecule has 136 valence electrons. The summed E-state index contributed by atoms with van der Waals surface area (Å²) in [6, 6.07) is 9.62. The van der Waals surface area contributed by atoms with E-state index in [4.69, 9.17) is 5.73 Å². The lowest BCUT2D eigenvalue weighted by atomic mass is 10.2. The molecule has 2 heterocycles. The number of amides is 2. The van der Waals surface area contributed by atoms with Gasteiger partial charge in [-0.3, -0.25) is 9.59 Å². The molecule has 0 atom stereocenters. The van der Waals surface area contributed by atoms with E-state index in [9.17, 15) is 9.59 Å². The van der Waals surface area contributed by atoms with Crippen molar-refractivity contribution in [2.24, 2.45) is 0 Å². The lowest BCUT2D eigenvalue weighted by Crippen LogP contribution is -2.48. The van der Waals surface area contributed by atoms with E-state index in [1.165, 1.54) is 6.20 Å². The second kappa shape index (κ2) is 7.81. The first-order chi connectivity index (χ1) is 12.5. The maximum absolute atomic E-state index is 12.3. The molecule has 1 aromatic heterocycles. The minimum Gasteiger partial charge on any atom is -0.383 e. The Labute approximate surface area is 152 Å². The maximum Gasteiger partial charge on any atom is 0.256 e. The molecular weight excluding hydrogens is 332 g/mol. The normalized spacial score (nSPS) is 14.2. The number of nitrogens with two attached hydrogens (primary N) is 1. The summed E-state index contributed by atoms with van der Waals surface area (Å²) in [4.78, 5) is 36.0. The topological polar surface area (TPSA) is 104 Å². The van der Waals surface area contributed by atoms with Crippen molar-refractivity contribution in [2.45, 2.75) is 13.5 Å². The molecule has 0 spiro atoms. The Morgan fingerprint density at radius 2 is 1.85 bits per heavy atom. The van der Waals surface area contributed by atoms with Gasteiger partial charge in [-0.2, -0.15) is 4.98 Å². The number of benzene rings is 1. The summed E-state index contributed by atoms with van der Waals surface area (Å²) in [5.74, 6) is 0.384. The largest absolute Gasteiger partial charge is 0.383 e. The number of nitrogen functional groups attached to an aromatic ring is 1. The average molecular weight is 354 g/mol. The molecule has 8 heteroatoms. The number of hydrogen-bond acceptors (Lipinski definition) is 6. The summed E-state index contributed by atoms with van der Waals surface area (Å²) in [5, 5.41) is 2.82. The molecule has 1 aliphatic heterocycles. The molecule has 1 aliphatic rings. The van der Waals surface area contributed by atoms with Crippen molar-refractivity contribution in [2.75, 3.05) is 36.8 Å². The fourth-order valence-electron chi connectivity index (χ4n) is 2.81. The predicted octanol–water partition coefficient (Wildman–Crippen LogP) is 0.657. The number of carbonyl (C=O) groups excluding carboxylic acids is 2. The molecule has 0 radical (unpaired) electrons. The maximum atomic E-state index is 12.3. The Morgan fingerprint density at radius 3 is 2.46 bits per heavy atom. The molecule has 26 heavy (non-hydrogen) atoms. The van der Waals surface area contributed by atoms with Crippen LogP contribution in [0, 0.1) is 0 Å².